The van der Waals surface area contributed by atoms with Crippen molar-refractivity contribution in [1.82, 2.24) is 19.9 Å². The van der Waals surface area contributed by atoms with E-state index in [0.717, 1.165) is 83.6 Å². The van der Waals surface area contributed by atoms with E-state index in [1.54, 1.807) is 72.8 Å². The second kappa shape index (κ2) is 126. The zero-order valence-corrected chi connectivity index (χ0v) is 222. The minimum absolute atomic E-state index is 0. The Labute approximate surface area is 1380 Å². The number of aromatic nitrogens is 4. The zero-order valence-electron chi connectivity index (χ0n) is 79.7. The molecule has 6 N–H and O–H groups in total. The maximum absolute atomic E-state index is 12.3. The van der Waals surface area contributed by atoms with E-state index in [4.69, 9.17) is 19.9 Å². The van der Waals surface area contributed by atoms with Crippen LogP contribution in [-0.4, -0.2) is 39.3 Å². The van der Waals surface area contributed by atoms with Crippen molar-refractivity contribution in [3.05, 3.63) is 273 Å². The summed E-state index contributed by atoms with van der Waals surface area (Å²) in [4.78, 5) is 81.8. The third kappa shape index (κ3) is 74.1. The van der Waals surface area contributed by atoms with Crippen LogP contribution in [0.3, 0.4) is 0 Å². The van der Waals surface area contributed by atoms with E-state index in [2.05, 4.69) is 93.6 Å². The van der Waals surface area contributed by atoms with Gasteiger partial charge in [0.15, 0.2) is 0 Å². The molecular formula is C69H57N4O9P3Zn47. The fourth-order valence-corrected chi connectivity index (χ4v) is 13.7. The number of hydrogen-bond acceptors (Lipinski definition) is 5. The van der Waals surface area contributed by atoms with Crippen LogP contribution in [0.4, 0.5) is 0 Å². The van der Waals surface area contributed by atoms with Crippen LogP contribution in [-0.2, 0) is 953 Å². The molecule has 0 aliphatic carbocycles. The molecule has 0 unspecified atom stereocenters. The van der Waals surface area contributed by atoms with E-state index in [1.165, 1.54) is 0 Å². The van der Waals surface area contributed by atoms with Crippen molar-refractivity contribution < 1.29 is 959 Å². The summed E-state index contributed by atoms with van der Waals surface area (Å²) < 4.78 is 36.8. The summed E-state index contributed by atoms with van der Waals surface area (Å²) in [7, 11) is -13.4. The Balaban J connectivity index is -0.0000000577. The average Bonchev–Trinajstić information content (AvgIpc) is 0.962. The van der Waals surface area contributed by atoms with E-state index in [0.29, 0.717) is 61.4 Å². The van der Waals surface area contributed by atoms with Crippen LogP contribution in [0.5, 0.6) is 0 Å². The van der Waals surface area contributed by atoms with Crippen molar-refractivity contribution in [1.29, 1.82) is 0 Å². The molecule has 10 aromatic rings. The van der Waals surface area contributed by atoms with E-state index in [9.17, 15) is 43.1 Å². The summed E-state index contributed by atoms with van der Waals surface area (Å²) in [5.74, 6) is 0. The fourth-order valence-electron chi connectivity index (χ4n) is 11.6. The Morgan fingerprint density at radius 1 is 0.220 bits per heavy atom. The van der Waals surface area contributed by atoms with Gasteiger partial charge in [0.1, 0.15) is 0 Å². The van der Waals surface area contributed by atoms with Crippen molar-refractivity contribution in [2.75, 3.05) is 0 Å². The molecule has 0 amide bonds. The Kier molecular flexibility index (Phi) is 246. The summed E-state index contributed by atoms with van der Waals surface area (Å²) in [5.41, 5.74) is 18.5. The minimum Gasteiger partial charge on any atom is -0.657 e. The first-order valence-corrected chi connectivity index (χ1v) is 32.8. The molecule has 0 saturated heterocycles. The van der Waals surface area contributed by atoms with Crippen LogP contribution in [0.25, 0.3) is 90.9 Å². The Hall–Kier alpha value is 20.9. The normalized spacial score (nSPS) is 8.19. The van der Waals surface area contributed by atoms with Crippen molar-refractivity contribution in [3.8, 4) is 44.5 Å². The molecule has 3 aromatic heterocycles. The van der Waals surface area contributed by atoms with Gasteiger partial charge in [-0.15, -0.1) is 22.1 Å². The second-order valence-electron chi connectivity index (χ2n) is 21.8. The molecule has 8 bridgehead atoms. The van der Waals surface area contributed by atoms with E-state index in [1.807, 2.05) is 72.8 Å². The quantitative estimate of drug-likeness (QED) is 0.0339. The van der Waals surface area contributed by atoms with E-state index >= 15 is 0 Å². The molecule has 12 rings (SSSR count). The monoisotopic (exact) mass is 4180 g/mol. The number of benzene rings is 7. The summed E-state index contributed by atoms with van der Waals surface area (Å²) in [6, 6.07) is 62.0. The number of hydrogen-bond donors (Lipinski definition) is 6. The second-order valence-corrected chi connectivity index (χ2v) is 26.8. The van der Waals surface area contributed by atoms with E-state index < -0.39 is 46.7 Å². The molecule has 2 aliphatic rings. The Morgan fingerprint density at radius 2 is 0.356 bits per heavy atom. The third-order valence-corrected chi connectivity index (χ3v) is 17.9. The molecule has 5 heterocycles. The molecule has 0 saturated carbocycles. The summed E-state index contributed by atoms with van der Waals surface area (Å²) in [6.07, 6.45) is 6.63. The first kappa shape index (κ1) is 258. The number of fused-ring (bicyclic) bond motifs is 8. The van der Waals surface area contributed by atoms with Crippen molar-refractivity contribution in [3.63, 3.8) is 0 Å². The van der Waals surface area contributed by atoms with Crippen LogP contribution >= 0.6 is 22.8 Å². The van der Waals surface area contributed by atoms with Gasteiger partial charge in [0.25, 0.3) is 0 Å². The van der Waals surface area contributed by atoms with Gasteiger partial charge in [-0.05, 0) is 129 Å². The van der Waals surface area contributed by atoms with Crippen LogP contribution in [0.1, 0.15) is 78.4 Å². The summed E-state index contributed by atoms with van der Waals surface area (Å²) >= 11 is 0. The number of rotatable bonds is 14. The van der Waals surface area contributed by atoms with Crippen molar-refractivity contribution >= 4 is 69.2 Å². The Morgan fingerprint density at radius 3 is 0.500 bits per heavy atom. The predicted molar refractivity (Wildman–Crippen MR) is 338 cm³/mol. The topological polar surface area (TPSA) is 227 Å². The van der Waals surface area contributed by atoms with Gasteiger partial charge in [0.05, 0.1) is 46.7 Å². The molecule has 0 fully saturated rings. The molecule has 516 valence electrons. The van der Waals surface area contributed by atoms with Gasteiger partial charge >= 0.3 is 42.3 Å². The first-order valence-electron chi connectivity index (χ1n) is 27.4. The maximum Gasteiger partial charge on any atom is 2.00 e. The molecule has 0 atom stereocenters. The van der Waals surface area contributed by atoms with Gasteiger partial charge in [0, 0.05) is 896 Å². The van der Waals surface area contributed by atoms with Gasteiger partial charge in [-0.25, -0.2) is 9.97 Å². The molecular weight excluding hydrogens is 4200 g/mol. The summed E-state index contributed by atoms with van der Waals surface area (Å²) in [5, 5.41) is 0. The standard InChI is InChI=1S/C69H57N4O9P3.47Zn/c1-43-4-16-49(17-5-43)65-57-32-34-59(70-57)66(50-18-6-44(2)7-19-50)61-36-38-63(72-61)68(64-39-37-62(73-64)67(60-35-33-58(65)71-60)51-20-8-45(3)9-21-51)52-22-30-56(31-23-52)69(53-24-10-46(11-25-53)40-83(74,75)76,54-26-12-47(13-27-54)41-84(77,78)79)55-28-14-48(15-29-55)42-85(80,81)82;;;;;;;;;;;;;;;;;;;;;;;;;;;;;;;;;;;;;;;;;;;;;;;/h4-39H,40-42H2,1-3H3,(H2,74,75,76)(H2,77,78,79)(H2,80,81,82);;;;;;;;;;;;;;;;;;;;;;;;;;;;;;;;;;;;;;;;;;;;;;;/q-2;;;;;;;;;;;;;;;;;;;;;;;;;;;;;;;;;;;;;;;;;;;;;;;+2. The van der Waals surface area contributed by atoms with Crippen molar-refractivity contribution in [2.24, 2.45) is 0 Å². The van der Waals surface area contributed by atoms with Gasteiger partial charge in [0.2, 0.25) is 0 Å². The van der Waals surface area contributed by atoms with Crippen LogP contribution < -0.4 is 9.97 Å². The smallest absolute Gasteiger partial charge is 0.657 e. The molecule has 2 aliphatic heterocycles. The zero-order chi connectivity index (χ0) is 59.4. The van der Waals surface area contributed by atoms with Crippen LogP contribution in [0, 0.1) is 20.8 Å². The minimum atomic E-state index is -4.46. The largest absolute Gasteiger partial charge is 2.00 e. The third-order valence-electron chi connectivity index (χ3n) is 15.6. The van der Waals surface area contributed by atoms with Gasteiger partial charge in [-0.1, -0.05) is 211 Å². The molecule has 13 nitrogen and oxygen atoms in total. The fraction of sp³-hybridized carbons (Fsp3) is 0.101. The molecule has 63 heteroatoms. The van der Waals surface area contributed by atoms with Crippen LogP contribution in [0.15, 0.2) is 194 Å². The number of nitrogens with zero attached hydrogens (tertiary/aromatic N) is 4. The molecule has 0 spiro atoms. The molecule has 0 radical (unpaired) electrons. The predicted octanol–water partition coefficient (Wildman–Crippen LogP) is 14.8. The van der Waals surface area contributed by atoms with Gasteiger partial charge in [-0.2, -0.15) is 0 Å². The molecule has 7 aromatic carbocycles. The van der Waals surface area contributed by atoms with Crippen LogP contribution in [0.2, 0.25) is 0 Å². The Bertz CT molecular complexity index is 4510. The SMILES string of the molecule is Cc1ccc(-c2c3nc(c(-c4ccc(C)cc4)c4ccc([n-]4)c(-c4ccc(C(c5ccc(CP(=O)(O)O)cc5)(c5ccc(CP(=O)(O)O)cc5)c5ccc(CP(=O)(O)O)cc5)cc4)c4nc(c(-c5ccc(C)cc5)c5ccc2[n-]5)C=C4)C=C3)cc1.[Zn+2].[Zn].[Zn].[Zn].[Zn].[Zn].[Zn].[Zn].[Zn].[Zn].[Zn].[Zn].[Zn].[Zn].[Zn].[Zn].[Zn].[Zn].[Zn].[Zn].[Zn].[Zn].[Zn].[Zn].[Zn].[Zn].[Zn].[Zn].[Zn].[Zn].[Zn].[Zn].[Zn].[Zn].[Zn].[Zn].[Zn].[Zn].[Zn].[Zn].[Zn].[Zn].[Zn].[Zn].[Zn].[Zn].[Zn]. The van der Waals surface area contributed by atoms with Gasteiger partial charge in [-0.3, -0.25) is 13.7 Å². The van der Waals surface area contributed by atoms with Gasteiger partial charge < -0.3 is 39.3 Å². The van der Waals surface area contributed by atoms with E-state index in [-0.39, 0.29) is 915 Å². The van der Waals surface area contributed by atoms with Crippen molar-refractivity contribution in [2.45, 2.75) is 44.7 Å². The average molecular weight is 4250 g/mol. The maximum atomic E-state index is 12.3. The molecule has 132 heavy (non-hydrogen) atoms. The number of aryl methyl sites for hydroxylation is 3. The summed E-state index contributed by atoms with van der Waals surface area (Å²) in [6.45, 7) is 6.18. The first-order chi connectivity index (χ1) is 40.6.